The SMILES string of the molecule is Cc1cc(S(=O)(=O)NCc2ccccc2)ccc1OCC(=O)N[C@@H](C)c1cccc(Br)c1. The summed E-state index contributed by atoms with van der Waals surface area (Å²) in [4.78, 5) is 12.4. The summed E-state index contributed by atoms with van der Waals surface area (Å²) in [6.07, 6.45) is 0. The fourth-order valence-electron chi connectivity index (χ4n) is 3.09. The van der Waals surface area contributed by atoms with Crippen molar-refractivity contribution in [3.8, 4) is 5.75 Å². The van der Waals surface area contributed by atoms with Gasteiger partial charge in [-0.15, -0.1) is 0 Å². The molecule has 8 heteroatoms. The third-order valence-electron chi connectivity index (χ3n) is 4.85. The lowest BCUT2D eigenvalue weighted by atomic mass is 10.1. The molecule has 3 aromatic carbocycles. The van der Waals surface area contributed by atoms with Crippen LogP contribution in [0.5, 0.6) is 5.75 Å². The van der Waals surface area contributed by atoms with Gasteiger partial charge in [-0.2, -0.15) is 0 Å². The second-order valence-corrected chi connectivity index (χ2v) is 10.1. The lowest BCUT2D eigenvalue weighted by Gasteiger charge is -2.16. The summed E-state index contributed by atoms with van der Waals surface area (Å²) >= 11 is 3.42. The minimum atomic E-state index is -3.67. The van der Waals surface area contributed by atoms with Crippen LogP contribution in [0.3, 0.4) is 0 Å². The number of hydrogen-bond acceptors (Lipinski definition) is 4. The van der Waals surface area contributed by atoms with Gasteiger partial charge in [0.1, 0.15) is 5.75 Å². The van der Waals surface area contributed by atoms with Crippen molar-refractivity contribution in [2.75, 3.05) is 6.61 Å². The second-order valence-electron chi connectivity index (χ2n) is 7.37. The average molecular weight is 517 g/mol. The van der Waals surface area contributed by atoms with Crippen LogP contribution in [0, 0.1) is 6.92 Å². The molecule has 1 atom stereocenters. The Morgan fingerprint density at radius 2 is 1.78 bits per heavy atom. The normalized spacial score (nSPS) is 12.2. The number of carbonyl (C=O) groups excluding carboxylic acids is 1. The molecule has 1 amide bonds. The van der Waals surface area contributed by atoms with E-state index in [1.54, 1.807) is 13.0 Å². The van der Waals surface area contributed by atoms with Gasteiger partial charge in [0.25, 0.3) is 5.91 Å². The molecule has 0 saturated carbocycles. The number of benzene rings is 3. The van der Waals surface area contributed by atoms with Crippen LogP contribution in [0.2, 0.25) is 0 Å². The van der Waals surface area contributed by atoms with Gasteiger partial charge in [0.2, 0.25) is 10.0 Å². The highest BCUT2D eigenvalue weighted by molar-refractivity contribution is 9.10. The van der Waals surface area contributed by atoms with Gasteiger partial charge in [-0.3, -0.25) is 4.79 Å². The first-order chi connectivity index (χ1) is 15.2. The fourth-order valence-corrected chi connectivity index (χ4v) is 4.61. The van der Waals surface area contributed by atoms with Gasteiger partial charge in [0.15, 0.2) is 6.61 Å². The number of nitrogens with one attached hydrogen (secondary N) is 2. The minimum absolute atomic E-state index is 0.144. The third kappa shape index (κ3) is 6.66. The van der Waals surface area contributed by atoms with Crippen LogP contribution in [0.4, 0.5) is 0 Å². The van der Waals surface area contributed by atoms with Crippen molar-refractivity contribution in [2.24, 2.45) is 0 Å². The maximum atomic E-state index is 12.6. The van der Waals surface area contributed by atoms with Gasteiger partial charge < -0.3 is 10.1 Å². The molecule has 0 aromatic heterocycles. The molecule has 0 unspecified atom stereocenters. The minimum Gasteiger partial charge on any atom is -0.484 e. The molecule has 6 nitrogen and oxygen atoms in total. The van der Waals surface area contributed by atoms with E-state index in [4.69, 9.17) is 4.74 Å². The highest BCUT2D eigenvalue weighted by Crippen LogP contribution is 2.22. The van der Waals surface area contributed by atoms with Crippen molar-refractivity contribution in [3.63, 3.8) is 0 Å². The lowest BCUT2D eigenvalue weighted by molar-refractivity contribution is -0.123. The quantitative estimate of drug-likeness (QED) is 0.438. The molecular formula is C24H25BrN2O4S. The zero-order chi connectivity index (χ0) is 23.1. The van der Waals surface area contributed by atoms with Gasteiger partial charge in [-0.05, 0) is 60.9 Å². The zero-order valence-electron chi connectivity index (χ0n) is 17.8. The second kappa shape index (κ2) is 10.8. The molecule has 0 radical (unpaired) electrons. The standard InChI is InChI=1S/C24H25BrN2O4S/c1-17-13-22(32(29,30)26-15-19-7-4-3-5-8-19)11-12-23(17)31-16-24(28)27-18(2)20-9-6-10-21(25)14-20/h3-14,18,26H,15-16H2,1-2H3,(H,27,28)/t18-/m0/s1. The van der Waals surface area contributed by atoms with Gasteiger partial charge >= 0.3 is 0 Å². The summed E-state index contributed by atoms with van der Waals surface area (Å²) in [7, 11) is -3.67. The first-order valence-electron chi connectivity index (χ1n) is 10.1. The van der Waals surface area contributed by atoms with Crippen molar-refractivity contribution in [1.82, 2.24) is 10.0 Å². The van der Waals surface area contributed by atoms with Gasteiger partial charge in [0.05, 0.1) is 10.9 Å². The number of amides is 1. The summed E-state index contributed by atoms with van der Waals surface area (Å²) in [5.41, 5.74) is 2.47. The van der Waals surface area contributed by atoms with Crippen LogP contribution in [-0.4, -0.2) is 20.9 Å². The Bertz CT molecular complexity index is 1180. The summed E-state index contributed by atoms with van der Waals surface area (Å²) in [6.45, 7) is 3.68. The Hall–Kier alpha value is -2.68. The number of rotatable bonds is 9. The molecule has 0 fully saturated rings. The van der Waals surface area contributed by atoms with Crippen LogP contribution >= 0.6 is 15.9 Å². The average Bonchev–Trinajstić information content (AvgIpc) is 2.77. The highest BCUT2D eigenvalue weighted by Gasteiger charge is 2.16. The van der Waals surface area contributed by atoms with Crippen molar-refractivity contribution < 1.29 is 17.9 Å². The number of aryl methyl sites for hydroxylation is 1. The van der Waals surface area contributed by atoms with Crippen LogP contribution in [0.15, 0.2) is 82.2 Å². The van der Waals surface area contributed by atoms with Crippen LogP contribution < -0.4 is 14.8 Å². The predicted molar refractivity (Wildman–Crippen MR) is 128 cm³/mol. The van der Waals surface area contributed by atoms with E-state index < -0.39 is 10.0 Å². The van der Waals surface area contributed by atoms with Gasteiger partial charge in [0, 0.05) is 11.0 Å². The number of hydrogen-bond donors (Lipinski definition) is 2. The van der Waals surface area contributed by atoms with E-state index in [1.165, 1.54) is 12.1 Å². The monoisotopic (exact) mass is 516 g/mol. The molecular weight excluding hydrogens is 492 g/mol. The van der Waals surface area contributed by atoms with Gasteiger partial charge in [-0.25, -0.2) is 13.1 Å². The van der Waals surface area contributed by atoms with Crippen molar-refractivity contribution in [1.29, 1.82) is 0 Å². The number of halogens is 1. The number of ether oxygens (including phenoxy) is 1. The number of carbonyl (C=O) groups is 1. The molecule has 2 N–H and O–H groups in total. The Kier molecular flexibility index (Phi) is 8.06. The molecule has 0 saturated heterocycles. The Morgan fingerprint density at radius 1 is 1.03 bits per heavy atom. The Morgan fingerprint density at radius 3 is 2.47 bits per heavy atom. The molecule has 0 heterocycles. The van der Waals surface area contributed by atoms with Crippen molar-refractivity contribution >= 4 is 31.9 Å². The fraction of sp³-hybridized carbons (Fsp3) is 0.208. The van der Waals surface area contributed by atoms with Crippen LogP contribution in [0.1, 0.15) is 29.7 Å². The van der Waals surface area contributed by atoms with Crippen molar-refractivity contribution in [2.45, 2.75) is 31.3 Å². The molecule has 0 aliphatic rings. The molecule has 0 aliphatic carbocycles. The highest BCUT2D eigenvalue weighted by atomic mass is 79.9. The molecule has 3 rings (SSSR count). The van der Waals surface area contributed by atoms with E-state index >= 15 is 0 Å². The Balaban J connectivity index is 1.57. The predicted octanol–water partition coefficient (Wildman–Crippen LogP) is 4.49. The third-order valence-corrected chi connectivity index (χ3v) is 6.74. The van der Waals surface area contributed by atoms with Crippen LogP contribution in [0.25, 0.3) is 0 Å². The first-order valence-corrected chi connectivity index (χ1v) is 12.3. The maximum absolute atomic E-state index is 12.6. The number of sulfonamides is 1. The van der Waals surface area contributed by atoms with Crippen molar-refractivity contribution in [3.05, 3.63) is 94.0 Å². The summed E-state index contributed by atoms with van der Waals surface area (Å²) in [5, 5.41) is 2.89. The van der Waals surface area contributed by atoms with E-state index in [1.807, 2.05) is 61.5 Å². The largest absolute Gasteiger partial charge is 0.484 e. The molecule has 168 valence electrons. The smallest absolute Gasteiger partial charge is 0.258 e. The van der Waals surface area contributed by atoms with Crippen LogP contribution in [-0.2, 0) is 21.4 Å². The maximum Gasteiger partial charge on any atom is 0.258 e. The van der Waals surface area contributed by atoms with E-state index in [2.05, 4.69) is 26.0 Å². The Labute approximate surface area is 197 Å². The first kappa shape index (κ1) is 24.0. The summed E-state index contributed by atoms with van der Waals surface area (Å²) < 4.78 is 34.3. The van der Waals surface area contributed by atoms with Gasteiger partial charge in [-0.1, -0.05) is 58.4 Å². The molecule has 0 bridgehead atoms. The molecule has 32 heavy (non-hydrogen) atoms. The molecule has 0 spiro atoms. The van der Waals surface area contributed by atoms with E-state index in [0.717, 1.165) is 15.6 Å². The van der Waals surface area contributed by atoms with E-state index in [-0.39, 0.29) is 30.0 Å². The van der Waals surface area contributed by atoms with E-state index in [0.29, 0.717) is 11.3 Å². The lowest BCUT2D eigenvalue weighted by Crippen LogP contribution is -2.31. The van der Waals surface area contributed by atoms with E-state index in [9.17, 15) is 13.2 Å². The topological polar surface area (TPSA) is 84.5 Å². The zero-order valence-corrected chi connectivity index (χ0v) is 20.2. The molecule has 0 aliphatic heterocycles. The summed E-state index contributed by atoms with van der Waals surface area (Å²) in [6, 6.07) is 21.4. The molecule has 3 aromatic rings. The summed E-state index contributed by atoms with van der Waals surface area (Å²) in [5.74, 6) is 0.190.